The molecule has 0 aliphatic heterocycles. The number of nitrogens with two attached hydrogens (primary N) is 1. The summed E-state index contributed by atoms with van der Waals surface area (Å²) >= 11 is 0. The van der Waals surface area contributed by atoms with Crippen molar-refractivity contribution in [2.45, 2.75) is 26.1 Å². The van der Waals surface area contributed by atoms with Gasteiger partial charge in [0.25, 0.3) is 0 Å². The summed E-state index contributed by atoms with van der Waals surface area (Å²) in [5, 5.41) is 9.00. The minimum Gasteiger partial charge on any atom is -0.481 e. The predicted molar refractivity (Wildman–Crippen MR) is 59.8 cm³/mol. The Balaban J connectivity index is 3.03. The van der Waals surface area contributed by atoms with E-state index in [0.29, 0.717) is 5.56 Å². The van der Waals surface area contributed by atoms with Gasteiger partial charge in [0, 0.05) is 6.04 Å². The van der Waals surface area contributed by atoms with Crippen LogP contribution in [0.1, 0.15) is 31.0 Å². The highest BCUT2D eigenvalue weighted by Gasteiger charge is 2.36. The van der Waals surface area contributed by atoms with Gasteiger partial charge in [-0.05, 0) is 31.5 Å². The zero-order valence-electron chi connectivity index (χ0n) is 9.95. The van der Waals surface area contributed by atoms with Gasteiger partial charge in [0.1, 0.15) is 0 Å². The van der Waals surface area contributed by atoms with Crippen LogP contribution in [0.4, 0.5) is 13.2 Å². The predicted octanol–water partition coefficient (Wildman–Crippen LogP) is 2.82. The van der Waals surface area contributed by atoms with Gasteiger partial charge in [-0.1, -0.05) is 12.1 Å². The lowest BCUT2D eigenvalue weighted by Crippen LogP contribution is -2.36. The number of carboxylic acids is 1. The van der Waals surface area contributed by atoms with E-state index in [1.807, 2.05) is 0 Å². The van der Waals surface area contributed by atoms with Gasteiger partial charge in [0.2, 0.25) is 0 Å². The van der Waals surface area contributed by atoms with Crippen LogP contribution in [0.5, 0.6) is 0 Å². The van der Waals surface area contributed by atoms with Crippen molar-refractivity contribution < 1.29 is 23.1 Å². The molecule has 6 heteroatoms. The molecule has 1 atom stereocenters. The van der Waals surface area contributed by atoms with E-state index in [-0.39, 0.29) is 0 Å². The molecule has 1 rings (SSSR count). The third-order valence-corrected chi connectivity index (χ3v) is 2.93. The van der Waals surface area contributed by atoms with E-state index in [4.69, 9.17) is 10.8 Å². The summed E-state index contributed by atoms with van der Waals surface area (Å²) in [5.41, 5.74) is 4.09. The van der Waals surface area contributed by atoms with Crippen LogP contribution in [0.15, 0.2) is 24.3 Å². The first-order valence-electron chi connectivity index (χ1n) is 5.23. The zero-order chi connectivity index (χ0) is 14.1. The third-order valence-electron chi connectivity index (χ3n) is 2.93. The van der Waals surface area contributed by atoms with Gasteiger partial charge in [-0.25, -0.2) is 0 Å². The lowest BCUT2D eigenvalue weighted by Gasteiger charge is -2.27. The molecule has 100 valence electrons. The van der Waals surface area contributed by atoms with Gasteiger partial charge in [-0.2, -0.15) is 13.2 Å². The molecular weight excluding hydrogens is 247 g/mol. The molecule has 0 aliphatic rings. The Labute approximate surface area is 102 Å². The number of rotatable bonds is 3. The highest BCUT2D eigenvalue weighted by atomic mass is 19.4. The molecule has 1 aromatic carbocycles. The van der Waals surface area contributed by atoms with Crippen molar-refractivity contribution in [3.05, 3.63) is 35.4 Å². The molecule has 0 radical (unpaired) electrons. The van der Waals surface area contributed by atoms with Crippen molar-refractivity contribution in [1.29, 1.82) is 0 Å². The molecule has 0 aliphatic carbocycles. The summed E-state index contributed by atoms with van der Waals surface area (Å²) in [7, 11) is 0. The van der Waals surface area contributed by atoms with Crippen LogP contribution < -0.4 is 5.73 Å². The van der Waals surface area contributed by atoms with Crippen molar-refractivity contribution in [2.24, 2.45) is 11.1 Å². The van der Waals surface area contributed by atoms with Crippen LogP contribution in [0.2, 0.25) is 0 Å². The van der Waals surface area contributed by atoms with Crippen molar-refractivity contribution in [3.8, 4) is 0 Å². The van der Waals surface area contributed by atoms with Crippen LogP contribution in [0, 0.1) is 5.41 Å². The van der Waals surface area contributed by atoms with Crippen molar-refractivity contribution >= 4 is 5.97 Å². The second kappa shape index (κ2) is 4.61. The molecule has 0 saturated heterocycles. The number of carbonyl (C=O) groups is 1. The summed E-state index contributed by atoms with van der Waals surface area (Å²) in [4.78, 5) is 11.0. The maximum atomic E-state index is 12.4. The monoisotopic (exact) mass is 261 g/mol. The standard InChI is InChI=1S/C12H14F3NO2/c1-11(2,10(17)18)9(16)7-3-5-8(6-4-7)12(13,14)15/h3-6,9H,16H2,1-2H3,(H,17,18)/t9-/m1/s1. The van der Waals surface area contributed by atoms with E-state index in [2.05, 4.69) is 0 Å². The Hall–Kier alpha value is -1.56. The second-order valence-corrected chi connectivity index (χ2v) is 4.62. The van der Waals surface area contributed by atoms with Crippen LogP contribution in [-0.4, -0.2) is 11.1 Å². The summed E-state index contributed by atoms with van der Waals surface area (Å²) < 4.78 is 37.1. The first-order valence-corrected chi connectivity index (χ1v) is 5.23. The molecule has 1 aromatic rings. The number of alkyl halides is 3. The molecule has 0 saturated carbocycles. The smallest absolute Gasteiger partial charge is 0.416 e. The molecule has 18 heavy (non-hydrogen) atoms. The van der Waals surface area contributed by atoms with Gasteiger partial charge in [-0.15, -0.1) is 0 Å². The van der Waals surface area contributed by atoms with Gasteiger partial charge in [0.05, 0.1) is 11.0 Å². The second-order valence-electron chi connectivity index (χ2n) is 4.62. The number of benzene rings is 1. The molecular formula is C12H14F3NO2. The highest BCUT2D eigenvalue weighted by Crippen LogP contribution is 2.34. The van der Waals surface area contributed by atoms with E-state index < -0.39 is 29.2 Å². The van der Waals surface area contributed by atoms with E-state index in [0.717, 1.165) is 12.1 Å². The Bertz CT molecular complexity index is 438. The number of hydrogen-bond acceptors (Lipinski definition) is 2. The third kappa shape index (κ3) is 2.81. The van der Waals surface area contributed by atoms with Crippen molar-refractivity contribution in [3.63, 3.8) is 0 Å². The topological polar surface area (TPSA) is 63.3 Å². The highest BCUT2D eigenvalue weighted by molar-refractivity contribution is 5.75. The molecule has 3 nitrogen and oxygen atoms in total. The Morgan fingerprint density at radius 3 is 2.00 bits per heavy atom. The molecule has 0 bridgehead atoms. The fourth-order valence-electron chi connectivity index (χ4n) is 1.43. The molecule has 0 aromatic heterocycles. The Kier molecular flexibility index (Phi) is 3.71. The summed E-state index contributed by atoms with van der Waals surface area (Å²) in [5.74, 6) is -1.10. The van der Waals surface area contributed by atoms with Gasteiger partial charge in [0.15, 0.2) is 0 Å². The van der Waals surface area contributed by atoms with E-state index in [9.17, 15) is 18.0 Å². The van der Waals surface area contributed by atoms with Crippen LogP contribution in [-0.2, 0) is 11.0 Å². The van der Waals surface area contributed by atoms with Crippen LogP contribution in [0.3, 0.4) is 0 Å². The lowest BCUT2D eigenvalue weighted by molar-refractivity contribution is -0.148. The number of aliphatic carboxylic acids is 1. The minimum absolute atomic E-state index is 0.357. The quantitative estimate of drug-likeness (QED) is 0.879. The van der Waals surface area contributed by atoms with E-state index in [1.165, 1.54) is 26.0 Å². The molecule has 0 spiro atoms. The van der Waals surface area contributed by atoms with E-state index >= 15 is 0 Å². The summed E-state index contributed by atoms with van der Waals surface area (Å²) in [6.07, 6.45) is -4.41. The van der Waals surface area contributed by atoms with Crippen molar-refractivity contribution in [2.75, 3.05) is 0 Å². The first kappa shape index (κ1) is 14.5. The van der Waals surface area contributed by atoms with Crippen molar-refractivity contribution in [1.82, 2.24) is 0 Å². The lowest BCUT2D eigenvalue weighted by atomic mass is 9.81. The first-order chi connectivity index (χ1) is 8.06. The molecule has 0 amide bonds. The average Bonchev–Trinajstić information content (AvgIpc) is 2.26. The SMILES string of the molecule is CC(C)(C(=O)O)[C@H](N)c1ccc(C(F)(F)F)cc1. The Morgan fingerprint density at radius 1 is 1.22 bits per heavy atom. The van der Waals surface area contributed by atoms with Crippen LogP contribution >= 0.6 is 0 Å². The maximum absolute atomic E-state index is 12.4. The fourth-order valence-corrected chi connectivity index (χ4v) is 1.43. The summed E-state index contributed by atoms with van der Waals surface area (Å²) in [6, 6.07) is 3.33. The number of hydrogen-bond donors (Lipinski definition) is 2. The maximum Gasteiger partial charge on any atom is 0.416 e. The normalized spacial score (nSPS) is 14.3. The average molecular weight is 261 g/mol. The van der Waals surface area contributed by atoms with E-state index in [1.54, 1.807) is 0 Å². The fraction of sp³-hybridized carbons (Fsp3) is 0.417. The minimum atomic E-state index is -4.41. The number of halogens is 3. The molecule has 0 fully saturated rings. The number of carboxylic acid groups (broad SMARTS) is 1. The molecule has 0 heterocycles. The largest absolute Gasteiger partial charge is 0.481 e. The van der Waals surface area contributed by atoms with Crippen LogP contribution in [0.25, 0.3) is 0 Å². The zero-order valence-corrected chi connectivity index (χ0v) is 9.95. The Morgan fingerprint density at radius 2 is 1.67 bits per heavy atom. The molecule has 0 unspecified atom stereocenters. The van der Waals surface area contributed by atoms with Gasteiger partial charge < -0.3 is 10.8 Å². The van der Waals surface area contributed by atoms with Gasteiger partial charge >= 0.3 is 12.1 Å². The summed E-state index contributed by atoms with van der Waals surface area (Å²) in [6.45, 7) is 2.86. The molecule has 3 N–H and O–H groups in total. The van der Waals surface area contributed by atoms with Gasteiger partial charge in [-0.3, -0.25) is 4.79 Å².